The fraction of sp³-hybridized carbons (Fsp3) is 0.333. The maximum Gasteiger partial charge on any atom is 0.271 e. The lowest BCUT2D eigenvalue weighted by Gasteiger charge is -2.07. The first-order valence-electron chi connectivity index (χ1n) is 6.49. The number of benzene rings is 1. The smallest absolute Gasteiger partial charge is 0.271 e. The molecule has 0 aliphatic heterocycles. The van der Waals surface area contributed by atoms with Gasteiger partial charge in [-0.3, -0.25) is 4.79 Å². The summed E-state index contributed by atoms with van der Waals surface area (Å²) in [4.78, 5) is 17.3. The van der Waals surface area contributed by atoms with Crippen molar-refractivity contribution in [1.82, 2.24) is 10.3 Å². The zero-order chi connectivity index (χ0) is 14.7. The summed E-state index contributed by atoms with van der Waals surface area (Å²) in [6.45, 7) is 6.54. The van der Waals surface area contributed by atoms with Crippen LogP contribution >= 0.6 is 11.3 Å². The molecule has 3 nitrogen and oxygen atoms in total. The highest BCUT2D eigenvalue weighted by molar-refractivity contribution is 7.15. The van der Waals surface area contributed by atoms with Crippen LogP contribution in [0.4, 0.5) is 4.39 Å². The highest BCUT2D eigenvalue weighted by Gasteiger charge is 2.18. The van der Waals surface area contributed by atoms with Crippen LogP contribution in [0.3, 0.4) is 0 Å². The minimum atomic E-state index is -0.291. The van der Waals surface area contributed by atoms with Crippen LogP contribution in [-0.4, -0.2) is 17.4 Å². The number of aryl methyl sites for hydroxylation is 1. The Bertz CT molecular complexity index is 605. The van der Waals surface area contributed by atoms with Crippen molar-refractivity contribution in [3.63, 3.8) is 0 Å². The Kier molecular flexibility index (Phi) is 4.49. The largest absolute Gasteiger partial charge is 0.350 e. The molecule has 20 heavy (non-hydrogen) atoms. The van der Waals surface area contributed by atoms with Gasteiger partial charge in [-0.15, -0.1) is 11.3 Å². The Morgan fingerprint density at radius 1 is 1.35 bits per heavy atom. The molecule has 0 saturated carbocycles. The van der Waals surface area contributed by atoms with E-state index in [0.29, 0.717) is 18.2 Å². The van der Waals surface area contributed by atoms with E-state index in [0.717, 1.165) is 15.4 Å². The van der Waals surface area contributed by atoms with Crippen LogP contribution in [0, 0.1) is 18.7 Å². The molecule has 0 aliphatic rings. The van der Waals surface area contributed by atoms with Gasteiger partial charge in [-0.2, -0.15) is 0 Å². The van der Waals surface area contributed by atoms with Gasteiger partial charge in [0.25, 0.3) is 5.91 Å². The number of thiazole rings is 1. The van der Waals surface area contributed by atoms with Crippen LogP contribution in [0.15, 0.2) is 24.3 Å². The maximum atomic E-state index is 13.0. The summed E-state index contributed by atoms with van der Waals surface area (Å²) in [6, 6.07) is 6.11. The highest BCUT2D eigenvalue weighted by Crippen LogP contribution is 2.30. The van der Waals surface area contributed by atoms with Crippen molar-refractivity contribution >= 4 is 17.2 Å². The van der Waals surface area contributed by atoms with Crippen molar-refractivity contribution in [2.45, 2.75) is 20.8 Å². The summed E-state index contributed by atoms with van der Waals surface area (Å²) in [7, 11) is 0. The van der Waals surface area contributed by atoms with Gasteiger partial charge in [-0.1, -0.05) is 26.0 Å². The Morgan fingerprint density at radius 2 is 2.00 bits per heavy atom. The van der Waals surface area contributed by atoms with E-state index in [4.69, 9.17) is 0 Å². The molecule has 1 heterocycles. The van der Waals surface area contributed by atoms with Gasteiger partial charge in [0.2, 0.25) is 0 Å². The standard InChI is InChI=1S/C15H17FN2OS/c1-9(2)8-17-15(19)13-14(20-10(3)18-13)11-4-6-12(16)7-5-11/h4-7,9H,8H2,1-3H3,(H,17,19). The topological polar surface area (TPSA) is 42.0 Å². The number of carbonyl (C=O) groups is 1. The van der Waals surface area contributed by atoms with E-state index in [-0.39, 0.29) is 11.7 Å². The molecule has 1 aromatic heterocycles. The number of halogens is 1. The first-order valence-corrected chi connectivity index (χ1v) is 7.30. The first kappa shape index (κ1) is 14.7. The molecule has 0 atom stereocenters. The van der Waals surface area contributed by atoms with Crippen molar-refractivity contribution in [1.29, 1.82) is 0 Å². The monoisotopic (exact) mass is 292 g/mol. The number of rotatable bonds is 4. The van der Waals surface area contributed by atoms with E-state index in [9.17, 15) is 9.18 Å². The van der Waals surface area contributed by atoms with Crippen LogP contribution in [0.1, 0.15) is 29.3 Å². The second-order valence-corrected chi connectivity index (χ2v) is 6.22. The lowest BCUT2D eigenvalue weighted by molar-refractivity contribution is 0.0945. The molecule has 1 amide bonds. The van der Waals surface area contributed by atoms with Gasteiger partial charge >= 0.3 is 0 Å². The van der Waals surface area contributed by atoms with Crippen molar-refractivity contribution in [3.8, 4) is 10.4 Å². The summed E-state index contributed by atoms with van der Waals surface area (Å²) in [6.07, 6.45) is 0. The number of hydrogen-bond acceptors (Lipinski definition) is 3. The zero-order valence-electron chi connectivity index (χ0n) is 11.7. The van der Waals surface area contributed by atoms with Crippen molar-refractivity contribution in [3.05, 3.63) is 40.8 Å². The molecule has 0 aliphatic carbocycles. The van der Waals surface area contributed by atoms with Crippen LogP contribution < -0.4 is 5.32 Å². The number of carbonyl (C=O) groups excluding carboxylic acids is 1. The average molecular weight is 292 g/mol. The van der Waals surface area contributed by atoms with Crippen molar-refractivity contribution in [2.24, 2.45) is 5.92 Å². The van der Waals surface area contributed by atoms with Crippen molar-refractivity contribution in [2.75, 3.05) is 6.54 Å². The normalized spacial score (nSPS) is 10.8. The van der Waals surface area contributed by atoms with Crippen molar-refractivity contribution < 1.29 is 9.18 Å². The number of nitrogens with one attached hydrogen (secondary N) is 1. The molecule has 0 bridgehead atoms. The quantitative estimate of drug-likeness (QED) is 0.934. The Balaban J connectivity index is 2.30. The molecule has 1 N–H and O–H groups in total. The lowest BCUT2D eigenvalue weighted by atomic mass is 10.1. The fourth-order valence-electron chi connectivity index (χ4n) is 1.76. The second-order valence-electron chi connectivity index (χ2n) is 5.02. The maximum absolute atomic E-state index is 13.0. The molecule has 0 unspecified atom stereocenters. The molecule has 1 aromatic carbocycles. The number of nitrogens with zero attached hydrogens (tertiary/aromatic N) is 1. The van der Waals surface area contributed by atoms with Crippen LogP contribution in [0.25, 0.3) is 10.4 Å². The third-order valence-electron chi connectivity index (χ3n) is 2.73. The predicted molar refractivity (Wildman–Crippen MR) is 79.4 cm³/mol. The third kappa shape index (κ3) is 3.42. The number of aromatic nitrogens is 1. The van der Waals surface area contributed by atoms with E-state index in [1.54, 1.807) is 12.1 Å². The molecule has 106 valence electrons. The molecule has 0 radical (unpaired) electrons. The van der Waals surface area contributed by atoms with Gasteiger partial charge in [0.1, 0.15) is 11.5 Å². The summed E-state index contributed by atoms with van der Waals surface area (Å²) in [5.41, 5.74) is 1.23. The van der Waals surface area contributed by atoms with E-state index < -0.39 is 0 Å². The number of hydrogen-bond donors (Lipinski definition) is 1. The number of amides is 1. The van der Waals surface area contributed by atoms with Gasteiger partial charge in [-0.05, 0) is 30.5 Å². The minimum absolute atomic E-state index is 0.178. The second kappa shape index (κ2) is 6.13. The Labute approximate surface area is 121 Å². The van der Waals surface area contributed by atoms with Crippen LogP contribution in [0.2, 0.25) is 0 Å². The summed E-state index contributed by atoms with van der Waals surface area (Å²) < 4.78 is 13.0. The summed E-state index contributed by atoms with van der Waals surface area (Å²) in [5, 5.41) is 3.68. The van der Waals surface area contributed by atoms with Crippen LogP contribution in [0.5, 0.6) is 0 Å². The molecule has 0 fully saturated rings. The zero-order valence-corrected chi connectivity index (χ0v) is 12.6. The Morgan fingerprint density at radius 3 is 2.60 bits per heavy atom. The highest BCUT2D eigenvalue weighted by atomic mass is 32.1. The average Bonchev–Trinajstić information content (AvgIpc) is 2.79. The summed E-state index contributed by atoms with van der Waals surface area (Å²) in [5.74, 6) is -0.0869. The molecule has 0 spiro atoms. The van der Waals surface area contributed by atoms with E-state index >= 15 is 0 Å². The SMILES string of the molecule is Cc1nc(C(=O)NCC(C)C)c(-c2ccc(F)cc2)s1. The van der Waals surface area contributed by atoms with Gasteiger partial charge < -0.3 is 5.32 Å². The molecule has 2 rings (SSSR count). The molecule has 2 aromatic rings. The van der Waals surface area contributed by atoms with Gasteiger partial charge in [0.15, 0.2) is 0 Å². The fourth-order valence-corrected chi connectivity index (χ4v) is 2.68. The molecular weight excluding hydrogens is 275 g/mol. The minimum Gasteiger partial charge on any atom is -0.350 e. The van der Waals surface area contributed by atoms with E-state index in [2.05, 4.69) is 10.3 Å². The van der Waals surface area contributed by atoms with Crippen LogP contribution in [-0.2, 0) is 0 Å². The third-order valence-corrected chi connectivity index (χ3v) is 3.75. The van der Waals surface area contributed by atoms with Gasteiger partial charge in [0, 0.05) is 6.54 Å². The molecular formula is C15H17FN2OS. The lowest BCUT2D eigenvalue weighted by Crippen LogP contribution is -2.28. The predicted octanol–water partition coefficient (Wildman–Crippen LogP) is 3.64. The first-order chi connectivity index (χ1) is 9.47. The van der Waals surface area contributed by atoms with E-state index in [1.165, 1.54) is 23.5 Å². The molecule has 0 saturated heterocycles. The van der Waals surface area contributed by atoms with Gasteiger partial charge in [0.05, 0.1) is 9.88 Å². The molecule has 5 heteroatoms. The summed E-state index contributed by atoms with van der Waals surface area (Å²) >= 11 is 1.44. The van der Waals surface area contributed by atoms with E-state index in [1.807, 2.05) is 20.8 Å². The Hall–Kier alpha value is -1.75. The van der Waals surface area contributed by atoms with Gasteiger partial charge in [-0.25, -0.2) is 9.37 Å².